The Morgan fingerprint density at radius 1 is 1.09 bits per heavy atom. The molecular formula is C25H39ClFN7O. The molecule has 8 nitrogen and oxygen atoms in total. The van der Waals surface area contributed by atoms with Crippen molar-refractivity contribution in [2.24, 2.45) is 0 Å². The molecule has 0 spiro atoms. The molecule has 2 aliphatic rings. The van der Waals surface area contributed by atoms with Gasteiger partial charge in [-0.05, 0) is 31.9 Å². The maximum absolute atomic E-state index is 14.2. The Morgan fingerprint density at radius 3 is 2.51 bits per heavy atom. The Kier molecular flexibility index (Phi) is 9.35. The van der Waals surface area contributed by atoms with Gasteiger partial charge in [0.25, 0.3) is 0 Å². The lowest BCUT2D eigenvalue weighted by molar-refractivity contribution is -0.917. The van der Waals surface area contributed by atoms with Gasteiger partial charge < -0.3 is 37.2 Å². The van der Waals surface area contributed by atoms with Crippen LogP contribution in [-0.4, -0.2) is 72.4 Å². The fraction of sp³-hybridized carbons (Fsp3) is 0.640. The summed E-state index contributed by atoms with van der Waals surface area (Å²) in [6.45, 7) is 5.41. The standard InChI is InChI=1S/C25H39FN7O.ClH/c1-5-33(3)15-9-12-20(33)17-27-23-29-24(28-18-13-14-22(34-4)21(26)16-18)31-25(30-23)32(2)19-10-7-6-8-11-19;/h13-14,16,19-20H,5-12,15,17H2,1-4H3,(H2,27,28,29,30,31);1H/q+1;/p-1. The molecule has 35 heavy (non-hydrogen) atoms. The number of likely N-dealkylation sites (N-methyl/N-ethyl adjacent to an activating group) is 1. The van der Waals surface area contributed by atoms with Crippen molar-refractivity contribution in [1.29, 1.82) is 0 Å². The fourth-order valence-electron chi connectivity index (χ4n) is 5.29. The van der Waals surface area contributed by atoms with Crippen LogP contribution < -0.4 is 32.7 Å². The maximum Gasteiger partial charge on any atom is 0.233 e. The molecule has 1 aromatic heterocycles. The Labute approximate surface area is 214 Å². The van der Waals surface area contributed by atoms with Gasteiger partial charge in [-0.3, -0.25) is 0 Å². The van der Waals surface area contributed by atoms with Crippen LogP contribution in [0.4, 0.5) is 27.9 Å². The molecule has 1 aliphatic heterocycles. The molecular weight excluding hydrogens is 469 g/mol. The molecule has 2 fully saturated rings. The van der Waals surface area contributed by atoms with Gasteiger partial charge in [0, 0.05) is 37.7 Å². The van der Waals surface area contributed by atoms with Crippen molar-refractivity contribution in [2.45, 2.75) is 64.0 Å². The predicted octanol–water partition coefficient (Wildman–Crippen LogP) is 1.58. The van der Waals surface area contributed by atoms with Crippen LogP contribution in [0.1, 0.15) is 51.9 Å². The van der Waals surface area contributed by atoms with Crippen LogP contribution in [0.2, 0.25) is 0 Å². The molecule has 194 valence electrons. The highest BCUT2D eigenvalue weighted by atomic mass is 35.5. The molecule has 2 N–H and O–H groups in total. The SMILES string of the molecule is CC[N+]1(C)CCCC1CNc1nc(Nc2ccc(OC)c(F)c2)nc(N(C)C2CCCCC2)n1.[Cl-]. The molecule has 0 bridgehead atoms. The smallest absolute Gasteiger partial charge is 0.233 e. The van der Waals surface area contributed by atoms with E-state index in [1.54, 1.807) is 12.1 Å². The number of benzene rings is 1. The van der Waals surface area contributed by atoms with E-state index in [-0.39, 0.29) is 18.2 Å². The highest BCUT2D eigenvalue weighted by Gasteiger charge is 2.36. The first-order chi connectivity index (χ1) is 16.4. The maximum atomic E-state index is 14.2. The number of methoxy groups -OCH3 is 1. The molecule has 0 amide bonds. The highest BCUT2D eigenvalue weighted by Crippen LogP contribution is 2.28. The number of quaternary nitrogens is 1. The molecule has 10 heteroatoms. The van der Waals surface area contributed by atoms with Crippen molar-refractivity contribution in [2.75, 3.05) is 56.4 Å². The van der Waals surface area contributed by atoms with Gasteiger partial charge in [-0.1, -0.05) is 19.3 Å². The average Bonchev–Trinajstić information content (AvgIpc) is 3.23. The third-order valence-corrected chi connectivity index (χ3v) is 7.78. The van der Waals surface area contributed by atoms with E-state index >= 15 is 0 Å². The minimum absolute atomic E-state index is 0. The van der Waals surface area contributed by atoms with Crippen molar-refractivity contribution >= 4 is 23.5 Å². The molecule has 2 atom stereocenters. The molecule has 0 radical (unpaired) electrons. The van der Waals surface area contributed by atoms with Gasteiger partial charge in [0.15, 0.2) is 11.6 Å². The second kappa shape index (κ2) is 12.0. The van der Waals surface area contributed by atoms with Crippen molar-refractivity contribution in [3.05, 3.63) is 24.0 Å². The molecule has 1 aromatic carbocycles. The van der Waals surface area contributed by atoms with Crippen LogP contribution in [0.25, 0.3) is 0 Å². The first-order valence-corrected chi connectivity index (χ1v) is 12.6. The van der Waals surface area contributed by atoms with Gasteiger partial charge in [0.2, 0.25) is 17.8 Å². The van der Waals surface area contributed by atoms with Crippen molar-refractivity contribution in [3.63, 3.8) is 0 Å². The number of halogens is 2. The summed E-state index contributed by atoms with van der Waals surface area (Å²) in [5.41, 5.74) is 0.563. The van der Waals surface area contributed by atoms with Gasteiger partial charge in [-0.2, -0.15) is 15.0 Å². The third kappa shape index (κ3) is 6.44. The first kappa shape index (κ1) is 27.2. The van der Waals surface area contributed by atoms with E-state index in [0.717, 1.165) is 30.4 Å². The highest BCUT2D eigenvalue weighted by molar-refractivity contribution is 5.57. The van der Waals surface area contributed by atoms with E-state index in [1.165, 1.54) is 51.8 Å². The summed E-state index contributed by atoms with van der Waals surface area (Å²) in [6, 6.07) is 5.70. The Balaban J connectivity index is 0.00000342. The lowest BCUT2D eigenvalue weighted by atomic mass is 9.95. The van der Waals surface area contributed by atoms with Crippen molar-refractivity contribution < 1.29 is 26.0 Å². The summed E-state index contributed by atoms with van der Waals surface area (Å²) >= 11 is 0. The van der Waals surface area contributed by atoms with Crippen molar-refractivity contribution in [3.8, 4) is 5.75 Å². The van der Waals surface area contributed by atoms with Crippen LogP contribution in [0.5, 0.6) is 5.75 Å². The molecule has 1 aliphatic carbocycles. The number of hydrogen-bond donors (Lipinski definition) is 2. The summed E-state index contributed by atoms with van der Waals surface area (Å²) in [6.07, 6.45) is 8.50. The van der Waals surface area contributed by atoms with Gasteiger partial charge in [-0.25, -0.2) is 4.39 Å². The quantitative estimate of drug-likeness (QED) is 0.499. The largest absolute Gasteiger partial charge is 1.00 e. The van der Waals surface area contributed by atoms with Crippen LogP contribution in [0.15, 0.2) is 18.2 Å². The van der Waals surface area contributed by atoms with Gasteiger partial charge >= 0.3 is 0 Å². The number of hydrogen-bond acceptors (Lipinski definition) is 7. The number of ether oxygens (including phenoxy) is 1. The zero-order valence-electron chi connectivity index (χ0n) is 21.4. The van der Waals surface area contributed by atoms with Crippen LogP contribution in [-0.2, 0) is 0 Å². The number of nitrogens with one attached hydrogen (secondary N) is 2. The summed E-state index contributed by atoms with van der Waals surface area (Å²) < 4.78 is 20.3. The second-order valence-electron chi connectivity index (χ2n) is 9.86. The third-order valence-electron chi connectivity index (χ3n) is 7.78. The first-order valence-electron chi connectivity index (χ1n) is 12.6. The molecule has 2 aromatic rings. The molecule has 1 saturated carbocycles. The van der Waals surface area contributed by atoms with Crippen LogP contribution in [0, 0.1) is 5.82 Å². The molecule has 2 heterocycles. The Bertz CT molecular complexity index is 975. The van der Waals surface area contributed by atoms with E-state index < -0.39 is 5.82 Å². The topological polar surface area (TPSA) is 75.2 Å². The number of anilines is 4. The predicted molar refractivity (Wildman–Crippen MR) is 134 cm³/mol. The monoisotopic (exact) mass is 507 g/mol. The number of nitrogens with zero attached hydrogens (tertiary/aromatic N) is 5. The molecule has 4 rings (SSSR count). The Morgan fingerprint density at radius 2 is 1.83 bits per heavy atom. The van der Waals surface area contributed by atoms with Crippen molar-refractivity contribution in [1.82, 2.24) is 15.0 Å². The average molecular weight is 508 g/mol. The van der Waals surface area contributed by atoms with Gasteiger partial charge in [-0.15, -0.1) is 0 Å². The number of aromatic nitrogens is 3. The summed E-state index contributed by atoms with van der Waals surface area (Å²) in [4.78, 5) is 16.3. The lowest BCUT2D eigenvalue weighted by Gasteiger charge is -2.35. The van der Waals surface area contributed by atoms with E-state index in [1.807, 2.05) is 0 Å². The fourth-order valence-corrected chi connectivity index (χ4v) is 5.29. The van der Waals surface area contributed by atoms with E-state index in [4.69, 9.17) is 14.7 Å². The van der Waals surface area contributed by atoms with E-state index in [0.29, 0.717) is 35.6 Å². The zero-order chi connectivity index (χ0) is 24.1. The van der Waals surface area contributed by atoms with E-state index in [9.17, 15) is 4.39 Å². The minimum Gasteiger partial charge on any atom is -1.00 e. The van der Waals surface area contributed by atoms with Gasteiger partial charge in [0.1, 0.15) is 6.04 Å². The second-order valence-corrected chi connectivity index (χ2v) is 9.86. The van der Waals surface area contributed by atoms with Crippen LogP contribution >= 0.6 is 0 Å². The summed E-state index contributed by atoms with van der Waals surface area (Å²) in [5.74, 6) is 1.37. The summed E-state index contributed by atoms with van der Waals surface area (Å²) in [5, 5.41) is 6.65. The number of rotatable bonds is 9. The van der Waals surface area contributed by atoms with Gasteiger partial charge in [0.05, 0.1) is 33.8 Å². The van der Waals surface area contributed by atoms with Crippen LogP contribution in [0.3, 0.4) is 0 Å². The zero-order valence-corrected chi connectivity index (χ0v) is 22.1. The lowest BCUT2D eigenvalue weighted by Crippen LogP contribution is -3.00. The Hall–Kier alpha value is -2.39. The molecule has 2 unspecified atom stereocenters. The number of likely N-dealkylation sites (tertiary alicyclic amines) is 1. The molecule has 1 saturated heterocycles. The van der Waals surface area contributed by atoms with E-state index in [2.05, 4.69) is 41.5 Å². The minimum atomic E-state index is -0.433. The summed E-state index contributed by atoms with van der Waals surface area (Å²) in [7, 11) is 5.85. The normalized spacial score (nSPS) is 22.4.